The van der Waals surface area contributed by atoms with Crippen LogP contribution in [0.4, 0.5) is 0 Å². The van der Waals surface area contributed by atoms with Crippen LogP contribution in [-0.4, -0.2) is 59.5 Å². The molecule has 3 rings (SSSR count). The van der Waals surface area contributed by atoms with Crippen molar-refractivity contribution in [1.82, 2.24) is 0 Å². The molecule has 3 aliphatic rings. The highest BCUT2D eigenvalue weighted by molar-refractivity contribution is 5.80. The van der Waals surface area contributed by atoms with Crippen molar-refractivity contribution in [3.63, 3.8) is 0 Å². The lowest BCUT2D eigenvalue weighted by molar-refractivity contribution is -0.214. The van der Waals surface area contributed by atoms with Crippen LogP contribution in [0, 0.1) is 23.7 Å². The first-order chi connectivity index (χ1) is 13.7. The Balaban J connectivity index is 0.000000234. The highest BCUT2D eigenvalue weighted by atomic mass is 16.8. The summed E-state index contributed by atoms with van der Waals surface area (Å²) in [5.41, 5.74) is 0. The Morgan fingerprint density at radius 1 is 0.862 bits per heavy atom. The molecule has 0 aromatic carbocycles. The highest BCUT2D eigenvalue weighted by Crippen LogP contribution is 2.42. The second-order valence-electron chi connectivity index (χ2n) is 7.87. The Hall–Kier alpha value is -1.84. The van der Waals surface area contributed by atoms with Gasteiger partial charge in [-0.15, -0.1) is 0 Å². The molecular weight excluding hydrogens is 384 g/mol. The van der Waals surface area contributed by atoms with Gasteiger partial charge >= 0.3 is 11.9 Å². The predicted octanol–water partition coefficient (Wildman–Crippen LogP) is 0.737. The van der Waals surface area contributed by atoms with Crippen LogP contribution in [-0.2, 0) is 33.4 Å². The van der Waals surface area contributed by atoms with Gasteiger partial charge in [0, 0.05) is 64.6 Å². The number of esters is 2. The van der Waals surface area contributed by atoms with E-state index in [9.17, 15) is 19.2 Å². The zero-order valence-electron chi connectivity index (χ0n) is 16.9. The molecule has 9 heteroatoms. The first-order valence-corrected chi connectivity index (χ1v) is 10.00. The van der Waals surface area contributed by atoms with Gasteiger partial charge in [-0.2, -0.15) is 0 Å². The van der Waals surface area contributed by atoms with E-state index in [0.717, 1.165) is 6.42 Å². The minimum Gasteiger partial charge on any atom is -0.435 e. The van der Waals surface area contributed by atoms with Crippen molar-refractivity contribution >= 4 is 23.5 Å². The molecule has 164 valence electrons. The number of hydrogen-bond donors (Lipinski definition) is 2. The third kappa shape index (κ3) is 6.58. The van der Waals surface area contributed by atoms with Crippen LogP contribution >= 0.6 is 0 Å². The molecule has 0 bridgehead atoms. The number of Topliss-reactive ketones (excluding diaryl/α,β-unsaturated/α-hetero) is 2. The van der Waals surface area contributed by atoms with Crippen LogP contribution < -0.4 is 0 Å². The minimum absolute atomic E-state index is 0.00116. The standard InChI is InChI=1S/C12H16O6.C8H14O3/c1-6(13)16-11-9-4-3-8(15)5-10(9)12(18-11)17-7(2)14;9-4-6-1-2-8(11)3-7(6)5-10/h9-12H,3-5H2,1-2H3;6-7,9-10H,1-5H2/t9-,10+,11-,12+;6-,7+/m10/s1. The molecule has 6 atom stereocenters. The summed E-state index contributed by atoms with van der Waals surface area (Å²) in [5, 5.41) is 17.7. The van der Waals surface area contributed by atoms with Crippen LogP contribution in [0.5, 0.6) is 0 Å². The van der Waals surface area contributed by atoms with Gasteiger partial charge in [-0.3, -0.25) is 19.2 Å². The van der Waals surface area contributed by atoms with Gasteiger partial charge in [-0.05, 0) is 24.7 Å². The van der Waals surface area contributed by atoms with Crippen molar-refractivity contribution in [2.45, 2.75) is 65.0 Å². The predicted molar refractivity (Wildman–Crippen MR) is 98.0 cm³/mol. The molecule has 1 aliphatic heterocycles. The number of ketones is 2. The summed E-state index contributed by atoms with van der Waals surface area (Å²) < 4.78 is 15.5. The number of carbonyl (C=O) groups is 4. The molecule has 2 aliphatic carbocycles. The second-order valence-corrected chi connectivity index (χ2v) is 7.87. The number of carbonyl (C=O) groups excluding carboxylic acids is 4. The number of aliphatic hydroxyl groups excluding tert-OH is 2. The van der Waals surface area contributed by atoms with E-state index in [1.807, 2.05) is 0 Å². The average molecular weight is 414 g/mol. The quantitative estimate of drug-likeness (QED) is 0.638. The van der Waals surface area contributed by atoms with E-state index in [1.165, 1.54) is 13.8 Å². The summed E-state index contributed by atoms with van der Waals surface area (Å²) in [6.07, 6.45) is 1.60. The average Bonchev–Trinajstić information content (AvgIpc) is 2.97. The van der Waals surface area contributed by atoms with E-state index >= 15 is 0 Å². The number of ether oxygens (including phenoxy) is 3. The third-order valence-corrected chi connectivity index (χ3v) is 5.72. The molecule has 1 heterocycles. The zero-order valence-corrected chi connectivity index (χ0v) is 16.9. The first kappa shape index (κ1) is 23.4. The Bertz CT molecular complexity index is 617. The van der Waals surface area contributed by atoms with Crippen molar-refractivity contribution < 1.29 is 43.6 Å². The summed E-state index contributed by atoms with van der Waals surface area (Å²) >= 11 is 0. The molecule has 0 spiro atoms. The maximum absolute atomic E-state index is 11.5. The summed E-state index contributed by atoms with van der Waals surface area (Å²) in [6.45, 7) is 2.70. The van der Waals surface area contributed by atoms with Crippen LogP contribution in [0.25, 0.3) is 0 Å². The van der Waals surface area contributed by atoms with Crippen molar-refractivity contribution in [2.24, 2.45) is 23.7 Å². The van der Waals surface area contributed by atoms with Crippen LogP contribution in [0.15, 0.2) is 0 Å². The van der Waals surface area contributed by atoms with Gasteiger partial charge in [0.05, 0.1) is 0 Å². The summed E-state index contributed by atoms with van der Waals surface area (Å²) in [4.78, 5) is 44.3. The van der Waals surface area contributed by atoms with Gasteiger partial charge in [-0.25, -0.2) is 0 Å². The van der Waals surface area contributed by atoms with Crippen LogP contribution in [0.1, 0.15) is 52.4 Å². The fourth-order valence-corrected chi connectivity index (χ4v) is 4.18. The zero-order chi connectivity index (χ0) is 21.6. The monoisotopic (exact) mass is 414 g/mol. The minimum atomic E-state index is -0.791. The van der Waals surface area contributed by atoms with Gasteiger partial charge < -0.3 is 24.4 Å². The third-order valence-electron chi connectivity index (χ3n) is 5.72. The van der Waals surface area contributed by atoms with Crippen molar-refractivity contribution in [3.05, 3.63) is 0 Å². The van der Waals surface area contributed by atoms with E-state index < -0.39 is 24.5 Å². The molecule has 0 amide bonds. The number of fused-ring (bicyclic) bond motifs is 1. The van der Waals surface area contributed by atoms with Crippen LogP contribution in [0.3, 0.4) is 0 Å². The van der Waals surface area contributed by atoms with Crippen molar-refractivity contribution in [2.75, 3.05) is 13.2 Å². The van der Waals surface area contributed by atoms with Gasteiger partial charge in [0.15, 0.2) is 0 Å². The normalized spacial score (nSPS) is 33.9. The smallest absolute Gasteiger partial charge is 0.304 e. The number of hydrogen-bond acceptors (Lipinski definition) is 9. The van der Waals surface area contributed by atoms with Gasteiger partial charge in [-0.1, -0.05) is 0 Å². The number of aliphatic hydroxyl groups is 2. The molecule has 0 aromatic heterocycles. The highest BCUT2D eigenvalue weighted by Gasteiger charge is 2.50. The van der Waals surface area contributed by atoms with Gasteiger partial charge in [0.25, 0.3) is 0 Å². The Kier molecular flexibility index (Phi) is 8.73. The molecule has 1 saturated heterocycles. The maximum Gasteiger partial charge on any atom is 0.304 e. The second kappa shape index (κ2) is 10.8. The molecule has 2 saturated carbocycles. The Morgan fingerprint density at radius 2 is 1.38 bits per heavy atom. The lowest BCUT2D eigenvalue weighted by Crippen LogP contribution is -2.32. The maximum atomic E-state index is 11.5. The number of rotatable bonds is 4. The van der Waals surface area contributed by atoms with Gasteiger partial charge in [0.2, 0.25) is 12.6 Å². The van der Waals surface area contributed by atoms with E-state index in [0.29, 0.717) is 32.1 Å². The van der Waals surface area contributed by atoms with E-state index in [4.69, 9.17) is 24.4 Å². The van der Waals surface area contributed by atoms with Crippen molar-refractivity contribution in [1.29, 1.82) is 0 Å². The fraction of sp³-hybridized carbons (Fsp3) is 0.800. The molecule has 0 aromatic rings. The van der Waals surface area contributed by atoms with E-state index in [1.54, 1.807) is 0 Å². The fourth-order valence-electron chi connectivity index (χ4n) is 4.18. The molecule has 3 fully saturated rings. The molecule has 0 radical (unpaired) electrons. The Morgan fingerprint density at radius 3 is 1.93 bits per heavy atom. The summed E-state index contributed by atoms with van der Waals surface area (Å²) in [5.74, 6) is -0.719. The first-order valence-electron chi connectivity index (χ1n) is 10.00. The topological polar surface area (TPSA) is 136 Å². The van der Waals surface area contributed by atoms with Crippen LogP contribution in [0.2, 0.25) is 0 Å². The lowest BCUT2D eigenvalue weighted by atomic mass is 9.79. The molecule has 0 unspecified atom stereocenters. The molecule has 9 nitrogen and oxygen atoms in total. The van der Waals surface area contributed by atoms with Gasteiger partial charge in [0.1, 0.15) is 11.6 Å². The Labute approximate surface area is 169 Å². The summed E-state index contributed by atoms with van der Waals surface area (Å²) in [7, 11) is 0. The largest absolute Gasteiger partial charge is 0.435 e. The van der Waals surface area contributed by atoms with E-state index in [-0.39, 0.29) is 48.5 Å². The molecule has 2 N–H and O–H groups in total. The SMILES string of the molecule is CC(=O)O[C@H]1O[C@@H](OC(C)=O)[C@@H]2CCC(=O)C[C@H]12.O=C1CC[C@@H](CO)[C@@H](CO)C1. The summed E-state index contributed by atoms with van der Waals surface area (Å²) in [6, 6.07) is 0. The van der Waals surface area contributed by atoms with Crippen molar-refractivity contribution in [3.8, 4) is 0 Å². The molecular formula is C20H30O9. The van der Waals surface area contributed by atoms with E-state index in [2.05, 4.69) is 0 Å². The molecule has 29 heavy (non-hydrogen) atoms. The lowest BCUT2D eigenvalue weighted by Gasteiger charge is -2.27.